The number of nitrogens with one attached hydrogen (secondary N) is 1. The Balaban J connectivity index is 1.38. The number of ether oxygens (including phenoxy) is 1. The number of halogens is 4. The van der Waals surface area contributed by atoms with E-state index >= 15 is 0 Å². The standard InChI is InChI=1S/C21H22F4N6O2/c1-12(14-3-4-16(33-2)15(22)11-14)26-19(32)13-7-9-30(10-8-13)18-6-5-17-27-28-20(21(23,24)25)31(17)29-18/h3-6,11-13H,7-10H2,1-2H3,(H,26,32)/t12-/m1/s1. The largest absolute Gasteiger partial charge is 0.494 e. The number of amides is 1. The smallest absolute Gasteiger partial charge is 0.453 e. The summed E-state index contributed by atoms with van der Waals surface area (Å²) in [4.78, 5) is 14.5. The highest BCUT2D eigenvalue weighted by Gasteiger charge is 2.38. The van der Waals surface area contributed by atoms with Crippen LogP contribution in [0.1, 0.15) is 37.2 Å². The first kappa shape index (κ1) is 22.7. The van der Waals surface area contributed by atoms with Crippen LogP contribution in [-0.2, 0) is 11.0 Å². The Morgan fingerprint density at radius 2 is 1.91 bits per heavy atom. The first-order chi connectivity index (χ1) is 15.7. The number of piperidine rings is 1. The molecule has 33 heavy (non-hydrogen) atoms. The number of hydrogen-bond acceptors (Lipinski definition) is 6. The maximum atomic E-state index is 14.0. The number of methoxy groups -OCH3 is 1. The topological polar surface area (TPSA) is 84.6 Å². The second kappa shape index (κ2) is 8.83. The number of nitrogens with zero attached hydrogens (tertiary/aromatic N) is 5. The Morgan fingerprint density at radius 3 is 2.55 bits per heavy atom. The van der Waals surface area contributed by atoms with E-state index in [4.69, 9.17) is 4.74 Å². The summed E-state index contributed by atoms with van der Waals surface area (Å²) in [6, 6.07) is 7.15. The lowest BCUT2D eigenvalue weighted by molar-refractivity contribution is -0.146. The number of rotatable bonds is 5. The van der Waals surface area contributed by atoms with E-state index in [1.165, 1.54) is 25.3 Å². The molecular weight excluding hydrogens is 444 g/mol. The number of aromatic nitrogens is 4. The molecule has 0 unspecified atom stereocenters. The molecule has 1 atom stereocenters. The maximum Gasteiger partial charge on any atom is 0.453 e. The van der Waals surface area contributed by atoms with Gasteiger partial charge in [0.05, 0.1) is 13.2 Å². The molecule has 0 bridgehead atoms. The van der Waals surface area contributed by atoms with Gasteiger partial charge in [-0.15, -0.1) is 15.3 Å². The van der Waals surface area contributed by atoms with Crippen molar-refractivity contribution in [3.8, 4) is 5.75 Å². The van der Waals surface area contributed by atoms with Crippen molar-refractivity contribution in [1.82, 2.24) is 25.1 Å². The summed E-state index contributed by atoms with van der Waals surface area (Å²) in [5, 5.41) is 13.6. The molecule has 12 heteroatoms. The number of carbonyl (C=O) groups is 1. The molecular formula is C21H22F4N6O2. The molecule has 3 heterocycles. The van der Waals surface area contributed by atoms with Gasteiger partial charge in [0.25, 0.3) is 5.82 Å². The predicted molar refractivity (Wildman–Crippen MR) is 110 cm³/mol. The van der Waals surface area contributed by atoms with E-state index in [-0.39, 0.29) is 23.2 Å². The highest BCUT2D eigenvalue weighted by molar-refractivity contribution is 5.79. The molecule has 1 N–H and O–H groups in total. The summed E-state index contributed by atoms with van der Waals surface area (Å²) in [6.07, 6.45) is -3.66. The van der Waals surface area contributed by atoms with Gasteiger partial charge in [0.1, 0.15) is 5.82 Å². The lowest BCUT2D eigenvalue weighted by Gasteiger charge is -2.32. The van der Waals surface area contributed by atoms with Crippen molar-refractivity contribution in [3.05, 3.63) is 47.5 Å². The lowest BCUT2D eigenvalue weighted by Crippen LogP contribution is -2.41. The Morgan fingerprint density at radius 1 is 1.18 bits per heavy atom. The highest BCUT2D eigenvalue weighted by atomic mass is 19.4. The van der Waals surface area contributed by atoms with Gasteiger partial charge >= 0.3 is 6.18 Å². The maximum absolute atomic E-state index is 14.0. The average molecular weight is 466 g/mol. The van der Waals surface area contributed by atoms with Crippen molar-refractivity contribution >= 4 is 17.4 Å². The third-order valence-electron chi connectivity index (χ3n) is 5.73. The molecule has 0 saturated carbocycles. The zero-order valence-corrected chi connectivity index (χ0v) is 17.9. The van der Waals surface area contributed by atoms with Gasteiger partial charge in [0, 0.05) is 19.0 Å². The van der Waals surface area contributed by atoms with Crippen molar-refractivity contribution in [1.29, 1.82) is 0 Å². The van der Waals surface area contributed by atoms with Crippen LogP contribution in [0.25, 0.3) is 5.65 Å². The number of hydrogen-bond donors (Lipinski definition) is 1. The first-order valence-corrected chi connectivity index (χ1v) is 10.4. The molecule has 1 aliphatic rings. The molecule has 0 aliphatic carbocycles. The SMILES string of the molecule is COc1ccc([C@@H](C)NC(=O)C2CCN(c3ccc4nnc(C(F)(F)F)n4n3)CC2)cc1F. The van der Waals surface area contributed by atoms with Crippen molar-refractivity contribution < 1.29 is 27.1 Å². The first-order valence-electron chi connectivity index (χ1n) is 10.4. The Labute approximate surface area is 186 Å². The Kier molecular flexibility index (Phi) is 6.09. The third kappa shape index (κ3) is 4.69. The van der Waals surface area contributed by atoms with Crippen LogP contribution >= 0.6 is 0 Å². The zero-order valence-electron chi connectivity index (χ0n) is 17.9. The van der Waals surface area contributed by atoms with Gasteiger partial charge in [0.2, 0.25) is 5.91 Å². The van der Waals surface area contributed by atoms with Crippen LogP contribution in [0.2, 0.25) is 0 Å². The zero-order chi connectivity index (χ0) is 23.8. The molecule has 8 nitrogen and oxygen atoms in total. The molecule has 1 aromatic carbocycles. The monoisotopic (exact) mass is 466 g/mol. The van der Waals surface area contributed by atoms with E-state index in [0.717, 1.165) is 0 Å². The fourth-order valence-electron chi connectivity index (χ4n) is 3.86. The van der Waals surface area contributed by atoms with E-state index in [1.807, 2.05) is 4.90 Å². The van der Waals surface area contributed by atoms with E-state index in [2.05, 4.69) is 20.6 Å². The summed E-state index contributed by atoms with van der Waals surface area (Å²) in [6.45, 7) is 2.67. The summed E-state index contributed by atoms with van der Waals surface area (Å²) in [5.41, 5.74) is 0.621. The van der Waals surface area contributed by atoms with Crippen LogP contribution in [-0.4, -0.2) is 45.9 Å². The van der Waals surface area contributed by atoms with Crippen molar-refractivity contribution in [2.75, 3.05) is 25.1 Å². The molecule has 1 fully saturated rings. The minimum atomic E-state index is -4.67. The third-order valence-corrected chi connectivity index (χ3v) is 5.73. The van der Waals surface area contributed by atoms with Crippen LogP contribution in [0.4, 0.5) is 23.4 Å². The van der Waals surface area contributed by atoms with Crippen LogP contribution in [0.15, 0.2) is 30.3 Å². The van der Waals surface area contributed by atoms with Crippen molar-refractivity contribution in [3.63, 3.8) is 0 Å². The Hall–Kier alpha value is -3.44. The van der Waals surface area contributed by atoms with E-state index in [0.29, 0.717) is 41.8 Å². The number of fused-ring (bicyclic) bond motifs is 1. The molecule has 1 amide bonds. The molecule has 176 valence electrons. The van der Waals surface area contributed by atoms with Crippen LogP contribution in [0.3, 0.4) is 0 Å². The lowest BCUT2D eigenvalue weighted by atomic mass is 9.95. The van der Waals surface area contributed by atoms with Gasteiger partial charge in [-0.05, 0) is 49.6 Å². The summed E-state index contributed by atoms with van der Waals surface area (Å²) in [7, 11) is 1.38. The molecule has 1 saturated heterocycles. The molecule has 3 aromatic rings. The highest BCUT2D eigenvalue weighted by Crippen LogP contribution is 2.29. The number of carbonyl (C=O) groups excluding carboxylic acids is 1. The van der Waals surface area contributed by atoms with Gasteiger partial charge in [0.15, 0.2) is 17.2 Å². The van der Waals surface area contributed by atoms with Gasteiger partial charge < -0.3 is 15.0 Å². The molecule has 0 radical (unpaired) electrons. The van der Waals surface area contributed by atoms with Crippen molar-refractivity contribution in [2.24, 2.45) is 5.92 Å². The summed E-state index contributed by atoms with van der Waals surface area (Å²) >= 11 is 0. The minimum absolute atomic E-state index is 0.00398. The van der Waals surface area contributed by atoms with Crippen LogP contribution in [0, 0.1) is 11.7 Å². The molecule has 1 aliphatic heterocycles. The molecule has 4 rings (SSSR count). The predicted octanol–water partition coefficient (Wildman–Crippen LogP) is 3.38. The van der Waals surface area contributed by atoms with Gasteiger partial charge in [-0.1, -0.05) is 6.07 Å². The fraction of sp³-hybridized carbons (Fsp3) is 0.429. The van der Waals surface area contributed by atoms with Gasteiger partial charge in [-0.2, -0.15) is 17.7 Å². The summed E-state index contributed by atoms with van der Waals surface area (Å²) in [5.74, 6) is -1.62. The van der Waals surface area contributed by atoms with Gasteiger partial charge in [-0.25, -0.2) is 4.39 Å². The van der Waals surface area contributed by atoms with Crippen molar-refractivity contribution in [2.45, 2.75) is 32.0 Å². The second-order valence-corrected chi connectivity index (χ2v) is 7.87. The Bertz CT molecular complexity index is 1160. The minimum Gasteiger partial charge on any atom is -0.494 e. The normalized spacial score (nSPS) is 16.1. The summed E-state index contributed by atoms with van der Waals surface area (Å²) < 4.78 is 58.9. The molecule has 2 aromatic heterocycles. The number of benzene rings is 1. The number of alkyl halides is 3. The average Bonchev–Trinajstić information content (AvgIpc) is 3.23. The van der Waals surface area contributed by atoms with Gasteiger partial charge in [-0.3, -0.25) is 4.79 Å². The van der Waals surface area contributed by atoms with Crippen LogP contribution < -0.4 is 15.0 Å². The molecule has 0 spiro atoms. The van der Waals surface area contributed by atoms with E-state index in [9.17, 15) is 22.4 Å². The van der Waals surface area contributed by atoms with Crippen LogP contribution in [0.5, 0.6) is 5.75 Å². The number of anilines is 1. The van der Waals surface area contributed by atoms with E-state index < -0.39 is 23.9 Å². The van der Waals surface area contributed by atoms with E-state index in [1.54, 1.807) is 19.1 Å². The fourth-order valence-corrected chi connectivity index (χ4v) is 3.86. The quantitative estimate of drug-likeness (QED) is 0.581. The second-order valence-electron chi connectivity index (χ2n) is 7.87.